The molecule has 1 amide bonds. The van der Waals surface area contributed by atoms with E-state index in [-0.39, 0.29) is 61.9 Å². The van der Waals surface area contributed by atoms with E-state index in [1.807, 2.05) is 6.92 Å². The Morgan fingerprint density at radius 1 is 0.618 bits per heavy atom. The minimum Gasteiger partial charge on any atom is -1.00 e. The molecular formula is C44H37Cl8F4N6O12S2-. The SMILES string of the molecule is Cc1cc(Cl)ccc1OCC(=O)Cl.Cc1cc(Cl)ccc1OCC(=O)N(c1cc(-n2c(=O)cc(C(F)F)n(C)c2=O)c(Cl)cc1Cl)S(C)(=O)=O.Cn1c(C(F)F)cc(=O)n(-c2cc(NS(C)(=O)=O)c(Cl)cc2Cl)c1=O.[Cl-]. The average molecular weight is 1270 g/mol. The molecule has 0 unspecified atom stereocenters. The van der Waals surface area contributed by atoms with Gasteiger partial charge in [-0.25, -0.2) is 57.4 Å². The highest BCUT2D eigenvalue weighted by Crippen LogP contribution is 2.36. The van der Waals surface area contributed by atoms with E-state index in [0.717, 1.165) is 56.4 Å². The maximum absolute atomic E-state index is 13.2. The number of hydrogen-bond donors (Lipinski definition) is 1. The Balaban J connectivity index is 0.000000335. The lowest BCUT2D eigenvalue weighted by Gasteiger charge is -2.23. The maximum atomic E-state index is 13.2. The second-order valence-corrected chi connectivity index (χ2v) is 21.9. The second kappa shape index (κ2) is 26.9. The van der Waals surface area contributed by atoms with E-state index < -0.39 is 90.2 Å². The maximum Gasteiger partial charge on any atom is 0.335 e. The highest BCUT2D eigenvalue weighted by molar-refractivity contribution is 7.93. The molecule has 0 saturated carbocycles. The van der Waals surface area contributed by atoms with Crippen molar-refractivity contribution in [3.63, 3.8) is 0 Å². The summed E-state index contributed by atoms with van der Waals surface area (Å²) in [6.07, 6.45) is -4.53. The number of aryl methyl sites for hydroxylation is 2. The molecule has 0 aliphatic carbocycles. The van der Waals surface area contributed by atoms with Crippen molar-refractivity contribution >= 4 is 124 Å². The van der Waals surface area contributed by atoms with Crippen LogP contribution in [0.4, 0.5) is 28.9 Å². The molecule has 1 N–H and O–H groups in total. The van der Waals surface area contributed by atoms with Gasteiger partial charge in [-0.1, -0.05) is 69.6 Å². The van der Waals surface area contributed by atoms with Gasteiger partial charge in [0.2, 0.25) is 20.0 Å². The molecule has 0 saturated heterocycles. The molecule has 4 aromatic carbocycles. The standard InChI is InChI=1S/C22H18Cl3F2N3O6S.C13H11Cl2F2N3O4S.C9H8Cl2O2.ClH/c1-11-6-12(23)4-5-18(11)36-10-20(32)30(37(3,34)35)16-8-15(13(24)7-14(16)25)29-19(31)9-17(21(26)27)28(2)22(29)33;1-19-10(12(16)17)5-11(21)20(13(19)22)9-4-8(18-25(2,23)24)6(14)3-7(9)15;1-6-4-7(10)2-3-8(6)13-5-9(11)12;/h4-9,21H,10H2,1-3H3;3-5,12,18H,1-2H3;2-4H,5H2,1H3;1H/p-1. The molecule has 0 atom stereocenters. The van der Waals surface area contributed by atoms with E-state index in [0.29, 0.717) is 56.1 Å². The van der Waals surface area contributed by atoms with E-state index in [1.54, 1.807) is 31.2 Å². The lowest BCUT2D eigenvalue weighted by Crippen LogP contribution is -3.00. The van der Waals surface area contributed by atoms with E-state index in [4.69, 9.17) is 90.7 Å². The summed E-state index contributed by atoms with van der Waals surface area (Å²) in [5, 5.41) is -0.272. The van der Waals surface area contributed by atoms with Crippen LogP contribution in [0.25, 0.3) is 11.4 Å². The van der Waals surface area contributed by atoms with Crippen LogP contribution in [0.15, 0.2) is 92.0 Å². The Kier molecular flexibility index (Phi) is 23.0. The van der Waals surface area contributed by atoms with Crippen molar-refractivity contribution in [2.45, 2.75) is 26.7 Å². The van der Waals surface area contributed by atoms with Crippen molar-refractivity contribution in [3.05, 3.63) is 167 Å². The third kappa shape index (κ3) is 16.6. The first-order valence-corrected chi connectivity index (χ1v) is 26.7. The minimum absolute atomic E-state index is 0. The predicted molar refractivity (Wildman–Crippen MR) is 280 cm³/mol. The summed E-state index contributed by atoms with van der Waals surface area (Å²) < 4.78 is 115. The number of hydrogen-bond acceptors (Lipinski definition) is 12. The molecule has 0 aliphatic heterocycles. The number of nitrogens with one attached hydrogen (secondary N) is 1. The van der Waals surface area contributed by atoms with Crippen LogP contribution in [0, 0.1) is 13.8 Å². The summed E-state index contributed by atoms with van der Waals surface area (Å²) >= 11 is 41.0. The number of benzene rings is 4. The molecular weight excluding hydrogens is 1230 g/mol. The molecule has 0 radical (unpaired) electrons. The molecule has 412 valence electrons. The van der Waals surface area contributed by atoms with Gasteiger partial charge in [0, 0.05) is 36.3 Å². The third-order valence-electron chi connectivity index (χ3n) is 9.73. The fourth-order valence-corrected chi connectivity index (χ4v) is 9.55. The van der Waals surface area contributed by atoms with Crippen molar-refractivity contribution in [1.82, 2.24) is 18.3 Å². The van der Waals surface area contributed by atoms with E-state index in [2.05, 4.69) is 4.72 Å². The van der Waals surface area contributed by atoms with Gasteiger partial charge in [0.15, 0.2) is 13.2 Å². The van der Waals surface area contributed by atoms with Crippen molar-refractivity contribution in [3.8, 4) is 22.9 Å². The Morgan fingerprint density at radius 3 is 1.41 bits per heavy atom. The number of sulfonamides is 2. The summed E-state index contributed by atoms with van der Waals surface area (Å²) in [5.41, 5.74) is -5.76. The fraction of sp³-hybridized carbons (Fsp3) is 0.227. The summed E-state index contributed by atoms with van der Waals surface area (Å²) in [4.78, 5) is 73.2. The van der Waals surface area contributed by atoms with Gasteiger partial charge in [0.1, 0.15) is 11.5 Å². The van der Waals surface area contributed by atoms with Gasteiger partial charge >= 0.3 is 11.4 Å². The lowest BCUT2D eigenvalue weighted by molar-refractivity contribution is -0.119. The first kappa shape index (κ1) is 65.0. The highest BCUT2D eigenvalue weighted by atomic mass is 35.5. The fourth-order valence-electron chi connectivity index (χ4n) is 6.37. The summed E-state index contributed by atoms with van der Waals surface area (Å²) in [5.74, 6) is -0.179. The van der Waals surface area contributed by atoms with E-state index >= 15 is 0 Å². The zero-order valence-corrected chi connectivity index (χ0v) is 47.2. The topological polar surface area (TPSA) is 224 Å². The van der Waals surface area contributed by atoms with Crippen molar-refractivity contribution in [1.29, 1.82) is 0 Å². The Morgan fingerprint density at radius 2 is 1.03 bits per heavy atom. The number of anilines is 2. The van der Waals surface area contributed by atoms with Crippen LogP contribution in [0.5, 0.6) is 11.5 Å². The minimum atomic E-state index is -4.33. The molecule has 6 rings (SSSR count). The molecule has 0 spiro atoms. The van der Waals surface area contributed by atoms with Crippen molar-refractivity contribution < 1.29 is 65.9 Å². The number of carbonyl (C=O) groups is 2. The normalized spacial score (nSPS) is 11.2. The van der Waals surface area contributed by atoms with Crippen LogP contribution in [0.3, 0.4) is 0 Å². The number of halogens is 12. The largest absolute Gasteiger partial charge is 1.00 e. The van der Waals surface area contributed by atoms with Gasteiger partial charge in [0.25, 0.3) is 35.1 Å². The van der Waals surface area contributed by atoms with Gasteiger partial charge in [-0.05, 0) is 97.2 Å². The first-order chi connectivity index (χ1) is 34.6. The summed E-state index contributed by atoms with van der Waals surface area (Å²) in [6.45, 7) is 2.65. The monoisotopic (exact) mass is 1260 g/mol. The van der Waals surface area contributed by atoms with Gasteiger partial charge in [-0.3, -0.25) is 33.0 Å². The second-order valence-electron chi connectivity index (χ2n) is 15.4. The predicted octanol–water partition coefficient (Wildman–Crippen LogP) is 6.06. The van der Waals surface area contributed by atoms with Gasteiger partial charge in [0.05, 0.1) is 66.7 Å². The number of aromatic nitrogens is 4. The van der Waals surface area contributed by atoms with Gasteiger partial charge < -0.3 is 21.9 Å². The lowest BCUT2D eigenvalue weighted by atomic mass is 10.2. The Hall–Kier alpha value is -5.28. The van der Waals surface area contributed by atoms with Crippen LogP contribution < -0.4 is 53.4 Å². The number of rotatable bonds is 14. The highest BCUT2D eigenvalue weighted by Gasteiger charge is 2.30. The molecule has 2 heterocycles. The van der Waals surface area contributed by atoms with Crippen LogP contribution >= 0.6 is 81.2 Å². The molecule has 0 fully saturated rings. The molecule has 2 aromatic heterocycles. The van der Waals surface area contributed by atoms with Crippen LogP contribution in [-0.2, 0) is 43.7 Å². The number of amides is 1. The van der Waals surface area contributed by atoms with Gasteiger partial charge in [-0.2, -0.15) is 0 Å². The van der Waals surface area contributed by atoms with Crippen LogP contribution in [0.1, 0.15) is 35.4 Å². The first-order valence-electron chi connectivity index (χ1n) is 20.3. The molecule has 6 aromatic rings. The molecule has 0 aliphatic rings. The van der Waals surface area contributed by atoms with E-state index in [1.165, 1.54) is 12.1 Å². The van der Waals surface area contributed by atoms with Crippen LogP contribution in [-0.4, -0.2) is 72.0 Å². The quantitative estimate of drug-likeness (QED) is 0.0971. The summed E-state index contributed by atoms with van der Waals surface area (Å²) in [6, 6.07) is 15.0. The smallest absolute Gasteiger partial charge is 0.335 e. The Labute approximate surface area is 470 Å². The molecule has 0 bridgehead atoms. The summed E-state index contributed by atoms with van der Waals surface area (Å²) in [7, 11) is -5.95. The zero-order chi connectivity index (χ0) is 56.8. The van der Waals surface area contributed by atoms with E-state index in [9.17, 15) is 63.2 Å². The average Bonchev–Trinajstić information content (AvgIpc) is 3.27. The van der Waals surface area contributed by atoms with Crippen molar-refractivity contribution in [2.24, 2.45) is 14.1 Å². The molecule has 18 nitrogen and oxygen atoms in total. The molecule has 32 heteroatoms. The van der Waals surface area contributed by atoms with Crippen molar-refractivity contribution in [2.75, 3.05) is 34.8 Å². The number of nitrogens with zero attached hydrogens (tertiary/aromatic N) is 5. The zero-order valence-electron chi connectivity index (χ0n) is 39.5. The number of alkyl halides is 4. The number of ether oxygens (including phenoxy) is 2. The third-order valence-corrected chi connectivity index (χ3v) is 13.2. The number of carbonyl (C=O) groups excluding carboxylic acids is 2. The van der Waals surface area contributed by atoms with Gasteiger partial charge in [-0.15, -0.1) is 0 Å². The Bertz CT molecular complexity index is 3700. The van der Waals surface area contributed by atoms with Crippen LogP contribution in [0.2, 0.25) is 30.1 Å². The molecule has 76 heavy (non-hydrogen) atoms.